The van der Waals surface area contributed by atoms with Crippen molar-refractivity contribution in [3.63, 3.8) is 0 Å². The Kier molecular flexibility index (Phi) is 2.53. The molecule has 0 aliphatic carbocycles. The van der Waals surface area contributed by atoms with E-state index in [0.29, 0.717) is 0 Å². The van der Waals surface area contributed by atoms with Gasteiger partial charge in [0.2, 0.25) is 0 Å². The predicted molar refractivity (Wildman–Crippen MR) is 69.3 cm³/mol. The first-order chi connectivity index (χ1) is 8.40. The summed E-state index contributed by atoms with van der Waals surface area (Å²) in [5.41, 5.74) is 5.14. The molecule has 17 heavy (non-hydrogen) atoms. The van der Waals surface area contributed by atoms with Gasteiger partial charge >= 0.3 is 0 Å². The Bertz CT molecular complexity index is 572. The summed E-state index contributed by atoms with van der Waals surface area (Å²) in [6, 6.07) is 14.6. The molecule has 0 aromatic heterocycles. The molecule has 3 nitrogen and oxygen atoms in total. The second-order valence-electron chi connectivity index (χ2n) is 4.11. The van der Waals surface area contributed by atoms with Crippen LogP contribution in [0.15, 0.2) is 47.6 Å². The SMILES string of the molecule is COC1CNN=C1c1cccc2ccccc12. The second-order valence-corrected chi connectivity index (χ2v) is 4.11. The normalized spacial score (nSPS) is 19.1. The largest absolute Gasteiger partial charge is 0.373 e. The summed E-state index contributed by atoms with van der Waals surface area (Å²) in [6.45, 7) is 0.745. The van der Waals surface area contributed by atoms with Gasteiger partial charge in [0, 0.05) is 12.7 Å². The molecule has 1 unspecified atom stereocenters. The highest BCUT2D eigenvalue weighted by molar-refractivity contribution is 6.13. The molecule has 0 bridgehead atoms. The van der Waals surface area contributed by atoms with Gasteiger partial charge in [-0.1, -0.05) is 42.5 Å². The Balaban J connectivity index is 2.17. The van der Waals surface area contributed by atoms with E-state index in [2.05, 4.69) is 53.0 Å². The third kappa shape index (κ3) is 1.68. The van der Waals surface area contributed by atoms with E-state index in [1.807, 2.05) is 0 Å². The number of methoxy groups -OCH3 is 1. The fourth-order valence-electron chi connectivity index (χ4n) is 2.26. The first-order valence-electron chi connectivity index (χ1n) is 5.71. The third-order valence-corrected chi connectivity index (χ3v) is 3.13. The highest BCUT2D eigenvalue weighted by atomic mass is 16.5. The maximum Gasteiger partial charge on any atom is 0.120 e. The zero-order valence-electron chi connectivity index (χ0n) is 9.68. The van der Waals surface area contributed by atoms with Gasteiger partial charge in [-0.15, -0.1) is 0 Å². The van der Waals surface area contributed by atoms with Crippen molar-refractivity contribution in [2.45, 2.75) is 6.10 Å². The number of hydrogen-bond acceptors (Lipinski definition) is 3. The van der Waals surface area contributed by atoms with Crippen molar-refractivity contribution in [3.8, 4) is 0 Å². The molecule has 3 rings (SSSR count). The van der Waals surface area contributed by atoms with Crippen LogP contribution >= 0.6 is 0 Å². The maximum atomic E-state index is 5.43. The topological polar surface area (TPSA) is 33.6 Å². The molecule has 0 radical (unpaired) electrons. The molecule has 1 aliphatic rings. The average molecular weight is 226 g/mol. The number of hydrazone groups is 1. The lowest BCUT2D eigenvalue weighted by molar-refractivity contribution is 0.163. The molecule has 0 fully saturated rings. The van der Waals surface area contributed by atoms with Crippen LogP contribution < -0.4 is 5.43 Å². The van der Waals surface area contributed by atoms with Gasteiger partial charge < -0.3 is 10.2 Å². The summed E-state index contributed by atoms with van der Waals surface area (Å²) in [5, 5.41) is 6.80. The van der Waals surface area contributed by atoms with E-state index in [0.717, 1.165) is 17.8 Å². The Morgan fingerprint density at radius 3 is 2.88 bits per heavy atom. The van der Waals surface area contributed by atoms with Crippen molar-refractivity contribution in [3.05, 3.63) is 48.0 Å². The quantitative estimate of drug-likeness (QED) is 0.851. The van der Waals surface area contributed by atoms with E-state index < -0.39 is 0 Å². The molecule has 3 heteroatoms. The number of nitrogens with one attached hydrogen (secondary N) is 1. The van der Waals surface area contributed by atoms with Crippen LogP contribution in [-0.4, -0.2) is 25.5 Å². The first-order valence-corrected chi connectivity index (χ1v) is 5.71. The fourth-order valence-corrected chi connectivity index (χ4v) is 2.26. The minimum absolute atomic E-state index is 0.0424. The molecule has 0 saturated carbocycles. The van der Waals surface area contributed by atoms with Crippen LogP contribution in [0.2, 0.25) is 0 Å². The lowest BCUT2D eigenvalue weighted by atomic mass is 9.98. The van der Waals surface area contributed by atoms with Crippen LogP contribution in [0.1, 0.15) is 5.56 Å². The minimum Gasteiger partial charge on any atom is -0.373 e. The van der Waals surface area contributed by atoms with Crippen LogP contribution in [-0.2, 0) is 4.74 Å². The molecule has 0 spiro atoms. The molecule has 0 amide bonds. The van der Waals surface area contributed by atoms with Crippen LogP contribution in [0, 0.1) is 0 Å². The number of fused-ring (bicyclic) bond motifs is 1. The first kappa shape index (κ1) is 10.3. The minimum atomic E-state index is 0.0424. The Hall–Kier alpha value is -1.87. The van der Waals surface area contributed by atoms with Crippen LogP contribution in [0.5, 0.6) is 0 Å². The molecule has 1 atom stereocenters. The third-order valence-electron chi connectivity index (χ3n) is 3.13. The van der Waals surface area contributed by atoms with Crippen molar-refractivity contribution in [1.29, 1.82) is 0 Å². The van der Waals surface area contributed by atoms with Crippen molar-refractivity contribution in [1.82, 2.24) is 5.43 Å². The maximum absolute atomic E-state index is 5.43. The number of benzene rings is 2. The molecular formula is C14H14N2O. The van der Waals surface area contributed by atoms with Crippen molar-refractivity contribution < 1.29 is 4.74 Å². The summed E-state index contributed by atoms with van der Waals surface area (Å²) in [4.78, 5) is 0. The van der Waals surface area contributed by atoms with Crippen LogP contribution in [0.25, 0.3) is 10.8 Å². The van der Waals surface area contributed by atoms with Crippen LogP contribution in [0.3, 0.4) is 0 Å². The lowest BCUT2D eigenvalue weighted by Crippen LogP contribution is -2.24. The van der Waals surface area contributed by atoms with Gasteiger partial charge in [0.15, 0.2) is 0 Å². The summed E-state index contributed by atoms with van der Waals surface area (Å²) in [7, 11) is 1.72. The number of ether oxygens (including phenoxy) is 1. The van der Waals surface area contributed by atoms with E-state index >= 15 is 0 Å². The van der Waals surface area contributed by atoms with Gasteiger partial charge in [-0.25, -0.2) is 0 Å². The highest BCUT2D eigenvalue weighted by Gasteiger charge is 2.23. The van der Waals surface area contributed by atoms with Crippen molar-refractivity contribution in [2.24, 2.45) is 5.10 Å². The van der Waals surface area contributed by atoms with E-state index in [-0.39, 0.29) is 6.10 Å². The second kappa shape index (κ2) is 4.18. The number of nitrogens with zero attached hydrogens (tertiary/aromatic N) is 1. The molecule has 1 N–H and O–H groups in total. The zero-order valence-corrected chi connectivity index (χ0v) is 9.68. The van der Waals surface area contributed by atoms with Gasteiger partial charge in [-0.3, -0.25) is 0 Å². The standard InChI is InChI=1S/C14H14N2O/c1-17-13-9-15-16-14(13)12-8-4-6-10-5-2-3-7-11(10)12/h2-8,13,15H,9H2,1H3. The predicted octanol–water partition coefficient (Wildman–Crippen LogP) is 2.16. The Morgan fingerprint density at radius 1 is 1.18 bits per heavy atom. The molecule has 2 aromatic carbocycles. The van der Waals surface area contributed by atoms with Crippen molar-refractivity contribution in [2.75, 3.05) is 13.7 Å². The van der Waals surface area contributed by atoms with Gasteiger partial charge in [-0.2, -0.15) is 5.10 Å². The average Bonchev–Trinajstić information content (AvgIpc) is 2.86. The highest BCUT2D eigenvalue weighted by Crippen LogP contribution is 2.21. The van der Waals surface area contributed by atoms with Gasteiger partial charge in [-0.05, 0) is 10.8 Å². The molecule has 2 aromatic rings. The Labute approximate surface area is 100 Å². The molecule has 1 aliphatic heterocycles. The number of rotatable bonds is 2. The fraction of sp³-hybridized carbons (Fsp3) is 0.214. The van der Waals surface area contributed by atoms with Gasteiger partial charge in [0.25, 0.3) is 0 Å². The van der Waals surface area contributed by atoms with E-state index in [1.165, 1.54) is 10.8 Å². The zero-order chi connectivity index (χ0) is 11.7. The molecule has 1 heterocycles. The van der Waals surface area contributed by atoms with Crippen molar-refractivity contribution >= 4 is 16.5 Å². The molecule has 0 saturated heterocycles. The van der Waals surface area contributed by atoms with Gasteiger partial charge in [0.05, 0.1) is 12.3 Å². The van der Waals surface area contributed by atoms with E-state index in [9.17, 15) is 0 Å². The summed E-state index contributed by atoms with van der Waals surface area (Å²) >= 11 is 0. The van der Waals surface area contributed by atoms with E-state index in [4.69, 9.17) is 4.74 Å². The summed E-state index contributed by atoms with van der Waals surface area (Å²) < 4.78 is 5.43. The lowest BCUT2D eigenvalue weighted by Gasteiger charge is -2.11. The monoisotopic (exact) mass is 226 g/mol. The Morgan fingerprint density at radius 2 is 2.00 bits per heavy atom. The van der Waals surface area contributed by atoms with E-state index in [1.54, 1.807) is 7.11 Å². The smallest absolute Gasteiger partial charge is 0.120 e. The molecular weight excluding hydrogens is 212 g/mol. The molecule has 86 valence electrons. The summed E-state index contributed by atoms with van der Waals surface area (Å²) in [6.07, 6.45) is 0.0424. The number of hydrogen-bond donors (Lipinski definition) is 1. The van der Waals surface area contributed by atoms with Crippen LogP contribution in [0.4, 0.5) is 0 Å². The van der Waals surface area contributed by atoms with Gasteiger partial charge in [0.1, 0.15) is 6.10 Å². The summed E-state index contributed by atoms with van der Waals surface area (Å²) in [5.74, 6) is 0.